The van der Waals surface area contributed by atoms with E-state index in [0.29, 0.717) is 5.95 Å². The third kappa shape index (κ3) is 2.34. The summed E-state index contributed by atoms with van der Waals surface area (Å²) in [5.74, 6) is 0.711. The molecule has 0 amide bonds. The Labute approximate surface area is 105 Å². The van der Waals surface area contributed by atoms with Gasteiger partial charge in [0.2, 0.25) is 11.7 Å². The van der Waals surface area contributed by atoms with Crippen LogP contribution in [0.25, 0.3) is 0 Å². The zero-order valence-corrected chi connectivity index (χ0v) is 10.6. The van der Waals surface area contributed by atoms with Crippen LogP contribution in [0.3, 0.4) is 0 Å². The van der Waals surface area contributed by atoms with Gasteiger partial charge in [0.25, 0.3) is 0 Å². The molecule has 0 saturated heterocycles. The van der Waals surface area contributed by atoms with Crippen molar-refractivity contribution in [2.75, 3.05) is 12.4 Å². The number of hydrogen-bond acceptors (Lipinski definition) is 4. The highest BCUT2D eigenvalue weighted by molar-refractivity contribution is 5.58. The number of hydrogen-bond donors (Lipinski definition) is 1. The highest BCUT2D eigenvalue weighted by Crippen LogP contribution is 2.18. The molecule has 1 N–H and O–H groups in total. The molecule has 0 saturated carbocycles. The number of aromatic nitrogens is 2. The van der Waals surface area contributed by atoms with Crippen molar-refractivity contribution in [2.24, 2.45) is 7.05 Å². The predicted molar refractivity (Wildman–Crippen MR) is 70.5 cm³/mol. The van der Waals surface area contributed by atoms with Crippen molar-refractivity contribution in [3.63, 3.8) is 0 Å². The minimum Gasteiger partial charge on any atom is -0.490 e. The maximum absolute atomic E-state index is 11.6. The monoisotopic (exact) mass is 245 g/mol. The largest absolute Gasteiger partial charge is 0.490 e. The lowest BCUT2D eigenvalue weighted by molar-refractivity contribution is 0.403. The maximum Gasteiger partial charge on any atom is 0.316 e. The summed E-state index contributed by atoms with van der Waals surface area (Å²) in [4.78, 5) is 15.6. The van der Waals surface area contributed by atoms with Gasteiger partial charge in [-0.25, -0.2) is 0 Å². The van der Waals surface area contributed by atoms with Crippen molar-refractivity contribution < 1.29 is 4.74 Å². The van der Waals surface area contributed by atoms with Gasteiger partial charge in [-0.05, 0) is 18.6 Å². The van der Waals surface area contributed by atoms with Crippen molar-refractivity contribution in [2.45, 2.75) is 6.92 Å². The Morgan fingerprint density at radius 2 is 2.06 bits per heavy atom. The maximum atomic E-state index is 11.6. The van der Waals surface area contributed by atoms with Crippen LogP contribution in [-0.4, -0.2) is 16.7 Å². The van der Waals surface area contributed by atoms with Crippen LogP contribution in [0.1, 0.15) is 5.56 Å². The van der Waals surface area contributed by atoms with Gasteiger partial charge in [0.05, 0.1) is 13.3 Å². The standard InChI is InChI=1S/C13H15N3O2/c1-9-6-4-5-7-10(9)14-13-15-12(17)11(18-3)8-16(13)2/h4-8H,1-3H3,(H,14,15,17). The van der Waals surface area contributed by atoms with Crippen molar-refractivity contribution in [1.82, 2.24) is 9.55 Å². The van der Waals surface area contributed by atoms with E-state index >= 15 is 0 Å². The summed E-state index contributed by atoms with van der Waals surface area (Å²) in [5, 5.41) is 3.13. The lowest BCUT2D eigenvalue weighted by Crippen LogP contribution is -2.16. The van der Waals surface area contributed by atoms with Crippen molar-refractivity contribution in [3.8, 4) is 5.75 Å². The summed E-state index contributed by atoms with van der Waals surface area (Å²) < 4.78 is 6.65. The molecule has 18 heavy (non-hydrogen) atoms. The zero-order valence-electron chi connectivity index (χ0n) is 10.6. The van der Waals surface area contributed by atoms with Crippen LogP contribution in [0.15, 0.2) is 35.3 Å². The average Bonchev–Trinajstić information content (AvgIpc) is 2.36. The number of anilines is 2. The number of para-hydroxylation sites is 1. The minimum atomic E-state index is -0.383. The van der Waals surface area contributed by atoms with E-state index in [1.165, 1.54) is 7.11 Å². The molecule has 1 aromatic heterocycles. The van der Waals surface area contributed by atoms with E-state index in [-0.39, 0.29) is 11.3 Å². The first-order valence-corrected chi connectivity index (χ1v) is 5.56. The molecule has 0 aliphatic carbocycles. The first kappa shape index (κ1) is 12.2. The molecule has 0 bridgehead atoms. The van der Waals surface area contributed by atoms with E-state index in [1.807, 2.05) is 31.2 Å². The van der Waals surface area contributed by atoms with Gasteiger partial charge in [-0.3, -0.25) is 4.79 Å². The van der Waals surface area contributed by atoms with Crippen molar-refractivity contribution >= 4 is 11.6 Å². The number of methoxy groups -OCH3 is 1. The average molecular weight is 245 g/mol. The van der Waals surface area contributed by atoms with Gasteiger partial charge >= 0.3 is 5.56 Å². The van der Waals surface area contributed by atoms with Gasteiger partial charge in [0.1, 0.15) is 0 Å². The molecule has 0 aliphatic rings. The summed E-state index contributed by atoms with van der Waals surface area (Å²) in [7, 11) is 3.25. The van der Waals surface area contributed by atoms with Crippen molar-refractivity contribution in [1.29, 1.82) is 0 Å². The predicted octanol–water partition coefficient (Wildman–Crippen LogP) is 1.84. The second-order valence-corrected chi connectivity index (χ2v) is 3.99. The van der Waals surface area contributed by atoms with E-state index in [0.717, 1.165) is 11.3 Å². The van der Waals surface area contributed by atoms with Gasteiger partial charge in [0, 0.05) is 12.7 Å². The number of ether oxygens (including phenoxy) is 1. The summed E-state index contributed by atoms with van der Waals surface area (Å²) in [6, 6.07) is 7.81. The van der Waals surface area contributed by atoms with Crippen LogP contribution >= 0.6 is 0 Å². The fourth-order valence-electron chi connectivity index (χ4n) is 1.61. The minimum absolute atomic E-state index is 0.229. The van der Waals surface area contributed by atoms with Crippen LogP contribution < -0.4 is 15.6 Å². The Morgan fingerprint density at radius 3 is 2.72 bits per heavy atom. The van der Waals surface area contributed by atoms with E-state index in [1.54, 1.807) is 17.8 Å². The van der Waals surface area contributed by atoms with Crippen LogP contribution in [0.2, 0.25) is 0 Å². The molecule has 0 spiro atoms. The molecule has 0 fully saturated rings. The van der Waals surface area contributed by atoms with Crippen LogP contribution in [0.4, 0.5) is 11.6 Å². The fourth-order valence-corrected chi connectivity index (χ4v) is 1.61. The Balaban J connectivity index is 2.39. The van der Waals surface area contributed by atoms with Crippen molar-refractivity contribution in [3.05, 3.63) is 46.4 Å². The Kier molecular flexibility index (Phi) is 3.32. The number of aryl methyl sites for hydroxylation is 2. The van der Waals surface area contributed by atoms with Gasteiger partial charge < -0.3 is 14.6 Å². The molecular formula is C13H15N3O2. The second-order valence-electron chi connectivity index (χ2n) is 3.99. The molecule has 2 rings (SSSR count). The number of nitrogens with zero attached hydrogens (tertiary/aromatic N) is 2. The zero-order chi connectivity index (χ0) is 13.1. The molecule has 1 heterocycles. The topological polar surface area (TPSA) is 56.1 Å². The van der Waals surface area contributed by atoms with E-state index in [2.05, 4.69) is 10.3 Å². The van der Waals surface area contributed by atoms with Gasteiger partial charge in [-0.15, -0.1) is 0 Å². The van der Waals surface area contributed by atoms with Gasteiger partial charge in [-0.2, -0.15) is 4.98 Å². The van der Waals surface area contributed by atoms with Crippen LogP contribution in [0, 0.1) is 6.92 Å². The smallest absolute Gasteiger partial charge is 0.316 e. The van der Waals surface area contributed by atoms with Gasteiger partial charge in [-0.1, -0.05) is 18.2 Å². The molecular weight excluding hydrogens is 230 g/mol. The van der Waals surface area contributed by atoms with E-state index in [9.17, 15) is 4.79 Å². The second kappa shape index (κ2) is 4.91. The summed E-state index contributed by atoms with van der Waals surface area (Å²) >= 11 is 0. The SMILES string of the molecule is COc1cn(C)c(Nc2ccccc2C)nc1=O. The molecule has 2 aromatic rings. The molecule has 5 nitrogen and oxygen atoms in total. The highest BCUT2D eigenvalue weighted by atomic mass is 16.5. The van der Waals surface area contributed by atoms with Crippen LogP contribution in [0.5, 0.6) is 5.75 Å². The molecule has 5 heteroatoms. The summed E-state index contributed by atoms with van der Waals surface area (Å²) in [6.45, 7) is 1.99. The highest BCUT2D eigenvalue weighted by Gasteiger charge is 2.07. The summed E-state index contributed by atoms with van der Waals surface area (Å²) in [5.41, 5.74) is 1.62. The quantitative estimate of drug-likeness (QED) is 0.896. The molecule has 0 aliphatic heterocycles. The summed E-state index contributed by atoms with van der Waals surface area (Å²) in [6.07, 6.45) is 1.61. The Morgan fingerprint density at radius 1 is 1.33 bits per heavy atom. The lowest BCUT2D eigenvalue weighted by Gasteiger charge is -2.12. The molecule has 0 unspecified atom stereocenters. The number of benzene rings is 1. The number of rotatable bonds is 3. The normalized spacial score (nSPS) is 10.2. The molecule has 1 aromatic carbocycles. The Hall–Kier alpha value is -2.30. The van der Waals surface area contributed by atoms with E-state index < -0.39 is 0 Å². The van der Waals surface area contributed by atoms with Gasteiger partial charge in [0.15, 0.2) is 0 Å². The van der Waals surface area contributed by atoms with Crippen LogP contribution in [-0.2, 0) is 7.05 Å². The lowest BCUT2D eigenvalue weighted by atomic mass is 10.2. The third-order valence-corrected chi connectivity index (χ3v) is 2.67. The molecule has 94 valence electrons. The third-order valence-electron chi connectivity index (χ3n) is 2.67. The Bertz CT molecular complexity index is 620. The number of nitrogens with one attached hydrogen (secondary N) is 1. The first-order valence-electron chi connectivity index (χ1n) is 5.56. The van der Waals surface area contributed by atoms with E-state index in [4.69, 9.17) is 4.74 Å². The molecule has 0 atom stereocenters. The fraction of sp³-hybridized carbons (Fsp3) is 0.231. The first-order chi connectivity index (χ1) is 8.61. The molecule has 0 radical (unpaired) electrons.